The fraction of sp³-hybridized carbons (Fsp3) is 0.760. The Morgan fingerprint density at radius 1 is 1.26 bits per heavy atom. The molecule has 0 spiro atoms. The van der Waals surface area contributed by atoms with Crippen LogP contribution in [0, 0.1) is 28.6 Å². The maximum absolute atomic E-state index is 11.1. The van der Waals surface area contributed by atoms with Gasteiger partial charge in [-0.2, -0.15) is 0 Å². The Balaban J connectivity index is 1.67. The summed E-state index contributed by atoms with van der Waals surface area (Å²) in [7, 11) is -4.67. The molecule has 0 N–H and O–H groups in total. The highest BCUT2D eigenvalue weighted by Crippen LogP contribution is 2.58. The van der Waals surface area contributed by atoms with Gasteiger partial charge >= 0.3 is 0 Å². The molecule has 2 aliphatic rings. The van der Waals surface area contributed by atoms with Gasteiger partial charge in [0.25, 0.3) is 0 Å². The largest absolute Gasteiger partial charge is 0.726 e. The maximum Gasteiger partial charge on any atom is 0.217 e. The first-order valence-electron chi connectivity index (χ1n) is 11.8. The third-order valence-electron chi connectivity index (χ3n) is 8.29. The zero-order chi connectivity index (χ0) is 22.7. The van der Waals surface area contributed by atoms with E-state index in [0.29, 0.717) is 17.3 Å². The second-order valence-electron chi connectivity index (χ2n) is 10.8. The monoisotopic (exact) mass is 451 g/mol. The lowest BCUT2D eigenvalue weighted by atomic mass is 9.52. The Morgan fingerprint density at radius 2 is 2.03 bits per heavy atom. The molecule has 0 bridgehead atoms. The van der Waals surface area contributed by atoms with Crippen LogP contribution >= 0.6 is 0 Å². The van der Waals surface area contributed by atoms with Crippen molar-refractivity contribution in [2.75, 3.05) is 6.61 Å². The molecule has 0 aromatic carbocycles. The Morgan fingerprint density at radius 3 is 2.71 bits per heavy atom. The molecule has 1 saturated carbocycles. The topological polar surface area (TPSA) is 79.6 Å². The molecule has 4 atom stereocenters. The van der Waals surface area contributed by atoms with Crippen LogP contribution in [0.1, 0.15) is 84.6 Å². The van der Waals surface area contributed by atoms with Crippen molar-refractivity contribution in [3.05, 3.63) is 35.8 Å². The number of aryl methyl sites for hydroxylation is 1. The van der Waals surface area contributed by atoms with Crippen LogP contribution in [0.2, 0.25) is 0 Å². The van der Waals surface area contributed by atoms with Crippen molar-refractivity contribution < 1.29 is 21.6 Å². The van der Waals surface area contributed by atoms with Gasteiger partial charge in [0.05, 0.1) is 19.1 Å². The van der Waals surface area contributed by atoms with Gasteiger partial charge in [0.2, 0.25) is 10.4 Å². The molecule has 1 aromatic rings. The average molecular weight is 452 g/mol. The Bertz CT molecular complexity index is 839. The van der Waals surface area contributed by atoms with Crippen molar-refractivity contribution >= 4 is 10.4 Å². The molecule has 5 nitrogen and oxygen atoms in total. The standard InChI is InChI=1S/C25H40O5S/c1-19-10-11-22-23(9-6-14-24(22,2)3)25(19,4)15-12-20(18-30-31(26,27)28)7-5-8-21-13-16-29-17-21/h9,13,16-17,19-20,22H,5-8,10-12,14-15,18H2,1-4H3,(H,26,27,28)/p-1/t19?,20?,22-,25-/m0/s1. The molecule has 2 unspecified atom stereocenters. The van der Waals surface area contributed by atoms with Crippen molar-refractivity contribution in [1.82, 2.24) is 0 Å². The number of hydrogen-bond acceptors (Lipinski definition) is 5. The second kappa shape index (κ2) is 9.80. The molecular weight excluding hydrogens is 412 g/mol. The number of allylic oxidation sites excluding steroid dienone is 2. The average Bonchev–Trinajstić information content (AvgIpc) is 3.19. The third-order valence-corrected chi connectivity index (χ3v) is 8.71. The fourth-order valence-electron chi connectivity index (χ4n) is 5.95. The van der Waals surface area contributed by atoms with E-state index in [2.05, 4.69) is 33.8 Å². The summed E-state index contributed by atoms with van der Waals surface area (Å²) in [5, 5.41) is 0. The Kier molecular flexibility index (Phi) is 7.75. The van der Waals surface area contributed by atoms with Gasteiger partial charge in [-0.3, -0.25) is 4.18 Å². The first-order valence-corrected chi connectivity index (χ1v) is 13.2. The number of fused-ring (bicyclic) bond motifs is 1. The molecule has 1 heterocycles. The van der Waals surface area contributed by atoms with E-state index >= 15 is 0 Å². The van der Waals surface area contributed by atoms with Crippen molar-refractivity contribution in [3.8, 4) is 0 Å². The summed E-state index contributed by atoms with van der Waals surface area (Å²) in [6.45, 7) is 9.57. The van der Waals surface area contributed by atoms with Crippen LogP contribution in [0.3, 0.4) is 0 Å². The van der Waals surface area contributed by atoms with Crippen molar-refractivity contribution in [2.24, 2.45) is 28.6 Å². The number of furan rings is 1. The van der Waals surface area contributed by atoms with Gasteiger partial charge in [-0.05, 0) is 98.0 Å². The van der Waals surface area contributed by atoms with E-state index < -0.39 is 10.4 Å². The third kappa shape index (κ3) is 6.23. The lowest BCUT2D eigenvalue weighted by molar-refractivity contribution is 0.0727. The lowest BCUT2D eigenvalue weighted by Crippen LogP contribution is -2.43. The molecule has 6 heteroatoms. The van der Waals surface area contributed by atoms with Crippen molar-refractivity contribution in [3.63, 3.8) is 0 Å². The zero-order valence-corrected chi connectivity index (χ0v) is 20.4. The molecule has 0 saturated heterocycles. The van der Waals surface area contributed by atoms with Crippen molar-refractivity contribution in [1.29, 1.82) is 0 Å². The minimum absolute atomic E-state index is 0.0182. The highest BCUT2D eigenvalue weighted by Gasteiger charge is 2.47. The predicted octanol–water partition coefficient (Wildman–Crippen LogP) is 6.27. The summed E-state index contributed by atoms with van der Waals surface area (Å²) in [5.41, 5.74) is 3.23. The summed E-state index contributed by atoms with van der Waals surface area (Å²) in [5.74, 6) is 1.29. The van der Waals surface area contributed by atoms with Crippen LogP contribution in [-0.4, -0.2) is 19.6 Å². The summed E-state index contributed by atoms with van der Waals surface area (Å²) in [6, 6.07) is 1.95. The van der Waals surface area contributed by atoms with Crippen LogP contribution in [0.4, 0.5) is 0 Å². The minimum atomic E-state index is -4.67. The van der Waals surface area contributed by atoms with E-state index in [0.717, 1.165) is 44.1 Å². The molecule has 3 rings (SSSR count). The van der Waals surface area contributed by atoms with Gasteiger partial charge in [-0.15, -0.1) is 0 Å². The maximum atomic E-state index is 11.1. The first kappa shape index (κ1) is 24.5. The predicted molar refractivity (Wildman–Crippen MR) is 121 cm³/mol. The summed E-state index contributed by atoms with van der Waals surface area (Å²) in [4.78, 5) is 0. The van der Waals surface area contributed by atoms with Crippen LogP contribution in [0.15, 0.2) is 34.7 Å². The normalized spacial score (nSPS) is 29.3. The Hall–Kier alpha value is -1.11. The summed E-state index contributed by atoms with van der Waals surface area (Å²) >= 11 is 0. The molecule has 0 radical (unpaired) electrons. The quantitative estimate of drug-likeness (QED) is 0.238. The van der Waals surface area contributed by atoms with Gasteiger partial charge in [0.1, 0.15) is 0 Å². The van der Waals surface area contributed by atoms with E-state index in [1.807, 2.05) is 6.07 Å². The highest BCUT2D eigenvalue weighted by molar-refractivity contribution is 7.80. The van der Waals surface area contributed by atoms with Crippen LogP contribution in [0.5, 0.6) is 0 Å². The van der Waals surface area contributed by atoms with Gasteiger partial charge in [0.15, 0.2) is 0 Å². The van der Waals surface area contributed by atoms with E-state index in [4.69, 9.17) is 8.60 Å². The summed E-state index contributed by atoms with van der Waals surface area (Å²) in [6.07, 6.45) is 15.3. The second-order valence-corrected chi connectivity index (χ2v) is 11.8. The van der Waals surface area contributed by atoms with Crippen molar-refractivity contribution in [2.45, 2.75) is 85.5 Å². The van der Waals surface area contributed by atoms with Gasteiger partial charge in [-0.25, -0.2) is 8.42 Å². The molecule has 31 heavy (non-hydrogen) atoms. The first-order chi connectivity index (χ1) is 14.5. The smallest absolute Gasteiger partial charge is 0.217 e. The van der Waals surface area contributed by atoms with Gasteiger partial charge < -0.3 is 8.97 Å². The zero-order valence-electron chi connectivity index (χ0n) is 19.6. The Labute approximate surface area is 188 Å². The molecule has 1 aromatic heterocycles. The van der Waals surface area contributed by atoms with E-state index in [1.54, 1.807) is 18.1 Å². The summed E-state index contributed by atoms with van der Waals surface area (Å²) < 4.78 is 43.1. The molecule has 176 valence electrons. The van der Waals surface area contributed by atoms with Crippen LogP contribution in [0.25, 0.3) is 0 Å². The number of rotatable bonds is 10. The van der Waals surface area contributed by atoms with Crippen LogP contribution < -0.4 is 0 Å². The highest BCUT2D eigenvalue weighted by atomic mass is 32.3. The van der Waals surface area contributed by atoms with E-state index in [-0.39, 0.29) is 17.9 Å². The van der Waals surface area contributed by atoms with E-state index in [1.165, 1.54) is 19.3 Å². The van der Waals surface area contributed by atoms with Gasteiger partial charge in [0, 0.05) is 0 Å². The van der Waals surface area contributed by atoms with Crippen LogP contribution in [-0.2, 0) is 21.0 Å². The lowest BCUT2D eigenvalue weighted by Gasteiger charge is -2.53. The minimum Gasteiger partial charge on any atom is -0.726 e. The molecular formula is C25H39O5S-. The molecule has 1 fully saturated rings. The SMILES string of the molecule is CC1CC[C@H]2C(=CCCC2(C)C)[C@@]1(C)CCC(CCCc1ccoc1)COS(=O)(=O)[O-]. The molecule has 0 aliphatic heterocycles. The number of hydrogen-bond donors (Lipinski definition) is 0. The van der Waals surface area contributed by atoms with Gasteiger partial charge in [-0.1, -0.05) is 39.3 Å². The molecule has 0 amide bonds. The molecule has 2 aliphatic carbocycles. The fourth-order valence-corrected chi connectivity index (χ4v) is 6.31. The van der Waals surface area contributed by atoms with E-state index in [9.17, 15) is 13.0 Å².